The number of benzene rings is 2. The van der Waals surface area contributed by atoms with Gasteiger partial charge in [-0.05, 0) is 62.4 Å². The number of nitrogens with two attached hydrogens (primary N) is 1. The Morgan fingerprint density at radius 2 is 1.38 bits per heavy atom. The van der Waals surface area contributed by atoms with E-state index in [9.17, 15) is 10.1 Å². The molecule has 0 saturated heterocycles. The molecule has 9 nitrogen and oxygen atoms in total. The summed E-state index contributed by atoms with van der Waals surface area (Å²) >= 11 is 0.194. The Morgan fingerprint density at radius 3 is 1.78 bits per heavy atom. The number of nitrogens with zero attached hydrogens (tertiary/aromatic N) is 3. The molecule has 32 heavy (non-hydrogen) atoms. The van der Waals surface area contributed by atoms with Gasteiger partial charge in [-0.25, -0.2) is 0 Å². The van der Waals surface area contributed by atoms with Crippen LogP contribution in [0, 0.1) is 10.1 Å². The van der Waals surface area contributed by atoms with Gasteiger partial charge in [-0.3, -0.25) is 20.1 Å². The van der Waals surface area contributed by atoms with Crippen LogP contribution in [0.2, 0.25) is 0 Å². The number of aromatic amines is 1. The van der Waals surface area contributed by atoms with Gasteiger partial charge in [-0.15, -0.1) is 0 Å². The first-order chi connectivity index (χ1) is 15.4. The van der Waals surface area contributed by atoms with Gasteiger partial charge in [0, 0.05) is 12.1 Å². The van der Waals surface area contributed by atoms with Crippen LogP contribution in [0.1, 0.15) is 25.2 Å². The molecule has 1 heterocycles. The molecule has 3 rings (SSSR count). The van der Waals surface area contributed by atoms with Gasteiger partial charge >= 0.3 is 33.3 Å². The molecule has 0 spiro atoms. The van der Waals surface area contributed by atoms with Crippen molar-refractivity contribution in [1.29, 1.82) is 0 Å². The second-order valence-corrected chi connectivity index (χ2v) is 8.00. The Kier molecular flexibility index (Phi) is 10.4. The number of nitrogens with one attached hydrogen (secondary N) is 1. The average molecular weight is 520 g/mol. The van der Waals surface area contributed by atoms with Gasteiger partial charge in [0.05, 0.1) is 39.1 Å². The molecule has 3 aromatic rings. The summed E-state index contributed by atoms with van der Waals surface area (Å²) in [5.74, 6) is 5.33. The molecule has 0 aliphatic rings. The van der Waals surface area contributed by atoms with Crippen molar-refractivity contribution in [2.24, 2.45) is 15.9 Å². The molecule has 0 radical (unpaired) electrons. The summed E-state index contributed by atoms with van der Waals surface area (Å²) in [4.78, 5) is 31.5. The van der Waals surface area contributed by atoms with Gasteiger partial charge in [0.15, 0.2) is 5.75 Å². The maximum atomic E-state index is 10.7. The number of hydrogen-bond donors (Lipinski definition) is 2. The van der Waals surface area contributed by atoms with Crippen molar-refractivity contribution in [1.82, 2.24) is 4.98 Å². The molecule has 0 unspecified atom stereocenters. The van der Waals surface area contributed by atoms with Crippen LogP contribution in [0.25, 0.3) is 0 Å². The van der Waals surface area contributed by atoms with Gasteiger partial charge in [-0.1, -0.05) is 4.99 Å². The number of halogens is 2. The van der Waals surface area contributed by atoms with E-state index < -0.39 is 4.92 Å². The van der Waals surface area contributed by atoms with Crippen molar-refractivity contribution in [3.63, 3.8) is 0 Å². The zero-order valence-electron chi connectivity index (χ0n) is 16.9. The van der Waals surface area contributed by atoms with Crippen LogP contribution in [0.4, 0.5) is 17.1 Å². The van der Waals surface area contributed by atoms with Crippen LogP contribution < -0.4 is 10.8 Å². The molecule has 0 bridgehead atoms. The summed E-state index contributed by atoms with van der Waals surface area (Å²) in [6.45, 7) is 3.76. The summed E-state index contributed by atoms with van der Waals surface area (Å²) < 4.78 is 0. The molecule has 3 N–H and O–H groups in total. The Bertz CT molecular complexity index is 1090. The average Bonchev–Trinajstić information content (AvgIpc) is 3.27. The molecule has 0 aliphatic heterocycles. The summed E-state index contributed by atoms with van der Waals surface area (Å²) in [6.07, 6.45) is 0. The van der Waals surface area contributed by atoms with E-state index in [4.69, 9.17) is 31.0 Å². The molecular weight excluding hydrogens is 501 g/mol. The van der Waals surface area contributed by atoms with Gasteiger partial charge in [0.1, 0.15) is 0 Å². The number of hydrogen-bond acceptors (Lipinski definition) is 7. The standard InChI is InChI=1S/C20H19N5O4.2ClH.Fe/c1-13(22-15-3-7-17(8-4-15)25(26)27)19-11-12-20(24-19)14(2)23-16-5-9-18(10-6-16)28-29-21;;;/h3-12,24H,21H2,1-2H3;2*1H;/q;;;+2/p-2. The molecule has 0 aliphatic carbocycles. The normalized spacial score (nSPS) is 11.7. The molecule has 0 atom stereocenters. The van der Waals surface area contributed by atoms with Gasteiger partial charge < -0.3 is 9.87 Å². The number of rotatable bonds is 7. The SMILES string of the molecule is CC(=Nc1ccc(OON)cc1)c1ccc(C(C)=Nc2ccc([N+](=O)[O-])cc2)[nH]1.[Cl][Fe][Cl]. The first-order valence-corrected chi connectivity index (χ1v) is 11.9. The van der Waals surface area contributed by atoms with Crippen LogP contribution in [0.3, 0.4) is 0 Å². The molecule has 12 heteroatoms. The van der Waals surface area contributed by atoms with E-state index >= 15 is 0 Å². The Morgan fingerprint density at radius 1 is 0.938 bits per heavy atom. The van der Waals surface area contributed by atoms with E-state index in [1.807, 2.05) is 26.0 Å². The number of aliphatic imine (C=N–C) groups is 2. The zero-order chi connectivity index (χ0) is 23.5. The van der Waals surface area contributed by atoms with Crippen molar-refractivity contribution >= 4 is 48.7 Å². The third-order valence-electron chi connectivity index (χ3n) is 4.10. The number of aromatic nitrogens is 1. The second kappa shape index (κ2) is 13.0. The number of nitro groups is 1. The second-order valence-electron chi connectivity index (χ2n) is 6.18. The quantitative estimate of drug-likeness (QED) is 0.135. The zero-order valence-corrected chi connectivity index (χ0v) is 19.6. The monoisotopic (exact) mass is 519 g/mol. The fourth-order valence-electron chi connectivity index (χ4n) is 2.61. The van der Waals surface area contributed by atoms with Gasteiger partial charge in [-0.2, -0.15) is 5.90 Å². The van der Waals surface area contributed by atoms with E-state index in [-0.39, 0.29) is 18.8 Å². The predicted octanol–water partition coefficient (Wildman–Crippen LogP) is 5.76. The summed E-state index contributed by atoms with van der Waals surface area (Å²) in [5, 5.41) is 10.7. The molecule has 170 valence electrons. The molecule has 2 aromatic carbocycles. The topological polar surface area (TPSA) is 128 Å². The van der Waals surface area contributed by atoms with E-state index in [2.05, 4.69) is 20.0 Å². The summed E-state index contributed by atoms with van der Waals surface area (Å²) in [5.41, 5.74) is 4.65. The van der Waals surface area contributed by atoms with E-state index in [0.717, 1.165) is 28.5 Å². The molecule has 0 fully saturated rings. The van der Waals surface area contributed by atoms with Crippen LogP contribution >= 0.6 is 20.2 Å². The molecular formula is C20H19Cl2FeN5O4. The predicted molar refractivity (Wildman–Crippen MR) is 122 cm³/mol. The van der Waals surface area contributed by atoms with Crippen LogP contribution in [0.5, 0.6) is 5.75 Å². The van der Waals surface area contributed by atoms with E-state index in [1.165, 1.54) is 12.1 Å². The number of H-pyrrole nitrogens is 1. The number of non-ortho nitro benzene ring substituents is 1. The van der Waals surface area contributed by atoms with Crippen LogP contribution in [-0.4, -0.2) is 21.3 Å². The van der Waals surface area contributed by atoms with Crippen molar-refractivity contribution in [3.05, 3.63) is 82.2 Å². The third-order valence-corrected chi connectivity index (χ3v) is 4.10. The van der Waals surface area contributed by atoms with Crippen LogP contribution in [-0.2, 0) is 18.1 Å². The van der Waals surface area contributed by atoms with E-state index in [0.29, 0.717) is 11.4 Å². The first kappa shape index (κ1) is 25.5. The van der Waals surface area contributed by atoms with Crippen molar-refractivity contribution in [2.45, 2.75) is 13.8 Å². The molecule has 1 aromatic heterocycles. The first-order valence-electron chi connectivity index (χ1n) is 8.91. The molecule has 0 saturated carbocycles. The fraction of sp³-hybridized carbons (Fsp3) is 0.100. The fourth-order valence-corrected chi connectivity index (χ4v) is 2.61. The maximum absolute atomic E-state index is 10.7. The number of nitro benzene ring substituents is 1. The Balaban J connectivity index is 0.00000114. The van der Waals surface area contributed by atoms with E-state index in [1.54, 1.807) is 36.4 Å². The Hall–Kier alpha value is -2.72. The third kappa shape index (κ3) is 7.76. The van der Waals surface area contributed by atoms with Gasteiger partial charge in [0.25, 0.3) is 5.69 Å². The van der Waals surface area contributed by atoms with Crippen molar-refractivity contribution in [3.8, 4) is 5.75 Å². The van der Waals surface area contributed by atoms with Crippen molar-refractivity contribution < 1.29 is 27.9 Å². The minimum absolute atomic E-state index is 0.0331. The van der Waals surface area contributed by atoms with Crippen molar-refractivity contribution in [2.75, 3.05) is 0 Å². The van der Waals surface area contributed by atoms with Crippen LogP contribution in [0.15, 0.2) is 70.6 Å². The van der Waals surface area contributed by atoms with Gasteiger partial charge in [0.2, 0.25) is 0 Å². The summed E-state index contributed by atoms with van der Waals surface area (Å²) in [7, 11) is 9.53. The molecule has 0 amide bonds. The summed E-state index contributed by atoms with van der Waals surface area (Å²) in [6, 6.07) is 16.9. The Labute approximate surface area is 198 Å². The minimum atomic E-state index is -0.438.